The van der Waals surface area contributed by atoms with Crippen molar-refractivity contribution in [1.82, 2.24) is 0 Å². The molecule has 0 atom stereocenters. The van der Waals surface area contributed by atoms with Crippen LogP contribution >= 0.6 is 0 Å². The summed E-state index contributed by atoms with van der Waals surface area (Å²) in [6.07, 6.45) is 1.01. The maximum atomic E-state index is 4.12. The third-order valence-electron chi connectivity index (χ3n) is 2.87. The zero-order valence-electron chi connectivity index (χ0n) is 10.4. The molecule has 0 amide bonds. The van der Waals surface area contributed by atoms with Gasteiger partial charge in [0.05, 0.1) is 0 Å². The lowest BCUT2D eigenvalue weighted by molar-refractivity contribution is 0.744. The monoisotopic (exact) mass is 202 g/mol. The zero-order valence-corrected chi connectivity index (χ0v) is 10.4. The van der Waals surface area contributed by atoms with Gasteiger partial charge in [-0.2, -0.15) is 0 Å². The molecule has 1 aromatic carbocycles. The lowest BCUT2D eigenvalue weighted by Crippen LogP contribution is -1.98. The Morgan fingerprint density at radius 2 is 1.87 bits per heavy atom. The summed E-state index contributed by atoms with van der Waals surface area (Å²) in [5, 5.41) is 0. The topological polar surface area (TPSA) is 0 Å². The highest BCUT2D eigenvalue weighted by atomic mass is 14.1. The minimum Gasteiger partial charge on any atom is -0.0993 e. The molecule has 0 heterocycles. The molecule has 0 radical (unpaired) electrons. The molecule has 0 nitrogen and oxygen atoms in total. The van der Waals surface area contributed by atoms with E-state index in [1.807, 2.05) is 0 Å². The van der Waals surface area contributed by atoms with Gasteiger partial charge in [-0.3, -0.25) is 0 Å². The minimum atomic E-state index is 0.577. The first-order chi connectivity index (χ1) is 7.00. The second-order valence-electron chi connectivity index (χ2n) is 4.89. The van der Waals surface area contributed by atoms with Gasteiger partial charge in [0.2, 0.25) is 0 Å². The maximum Gasteiger partial charge on any atom is -0.00671 e. The minimum absolute atomic E-state index is 0.577. The number of hydrogen-bond donors (Lipinski definition) is 0. The molecule has 1 rings (SSSR count). The molecule has 1 aromatic rings. The molecule has 0 aliphatic rings. The van der Waals surface area contributed by atoms with Gasteiger partial charge in [-0.1, -0.05) is 64.1 Å². The van der Waals surface area contributed by atoms with Crippen LogP contribution in [0.25, 0.3) is 0 Å². The van der Waals surface area contributed by atoms with Crippen LogP contribution in [0, 0.1) is 5.92 Å². The van der Waals surface area contributed by atoms with E-state index in [1.54, 1.807) is 0 Å². The Hall–Kier alpha value is -1.04. The van der Waals surface area contributed by atoms with E-state index in [1.165, 1.54) is 16.7 Å². The van der Waals surface area contributed by atoms with Crippen LogP contribution in [0.2, 0.25) is 0 Å². The van der Waals surface area contributed by atoms with Crippen molar-refractivity contribution < 1.29 is 0 Å². The first-order valence-corrected chi connectivity index (χ1v) is 5.77. The summed E-state index contributed by atoms with van der Waals surface area (Å²) < 4.78 is 0. The first kappa shape index (κ1) is 12.0. The summed E-state index contributed by atoms with van der Waals surface area (Å²) >= 11 is 0. The maximum absolute atomic E-state index is 4.12. The van der Waals surface area contributed by atoms with Crippen molar-refractivity contribution in [2.45, 2.75) is 40.0 Å². The molecule has 0 unspecified atom stereocenters. The van der Waals surface area contributed by atoms with E-state index in [4.69, 9.17) is 0 Å². The molecule has 0 aliphatic carbocycles. The fraction of sp³-hybridized carbons (Fsp3) is 0.467. The highest BCUT2D eigenvalue weighted by Gasteiger charge is 2.04. The van der Waals surface area contributed by atoms with Crippen molar-refractivity contribution in [3.8, 4) is 0 Å². The molecule has 0 aromatic heterocycles. The van der Waals surface area contributed by atoms with Gasteiger partial charge in [-0.25, -0.2) is 0 Å². The molecule has 0 spiro atoms. The van der Waals surface area contributed by atoms with E-state index in [9.17, 15) is 0 Å². The van der Waals surface area contributed by atoms with Crippen molar-refractivity contribution in [3.63, 3.8) is 0 Å². The van der Waals surface area contributed by atoms with Crippen LogP contribution in [0.5, 0.6) is 0 Å². The van der Waals surface area contributed by atoms with E-state index in [0.29, 0.717) is 11.8 Å². The van der Waals surface area contributed by atoms with Crippen LogP contribution in [0.15, 0.2) is 36.4 Å². The van der Waals surface area contributed by atoms with E-state index >= 15 is 0 Å². The van der Waals surface area contributed by atoms with Gasteiger partial charge < -0.3 is 0 Å². The zero-order chi connectivity index (χ0) is 11.4. The number of benzene rings is 1. The summed E-state index contributed by atoms with van der Waals surface area (Å²) in [5.41, 5.74) is 4.12. The van der Waals surface area contributed by atoms with Gasteiger partial charge in [0, 0.05) is 0 Å². The van der Waals surface area contributed by atoms with Gasteiger partial charge in [-0.15, -0.1) is 0 Å². The van der Waals surface area contributed by atoms with Crippen LogP contribution in [0.1, 0.15) is 44.7 Å². The summed E-state index contributed by atoms with van der Waals surface area (Å²) in [6.45, 7) is 13.0. The summed E-state index contributed by atoms with van der Waals surface area (Å²) in [6, 6.07) is 8.85. The molecular weight excluding hydrogens is 180 g/mol. The SMILES string of the molecule is C=C(Cc1cccc(C(C)C)c1)C(C)C. The number of allylic oxidation sites excluding steroid dienone is 1. The third-order valence-corrected chi connectivity index (χ3v) is 2.87. The molecule has 0 bridgehead atoms. The molecule has 0 saturated carbocycles. The molecule has 82 valence electrons. The molecule has 15 heavy (non-hydrogen) atoms. The highest BCUT2D eigenvalue weighted by Crippen LogP contribution is 2.19. The molecule has 0 fully saturated rings. The van der Waals surface area contributed by atoms with Gasteiger partial charge in [-0.05, 0) is 29.4 Å². The Morgan fingerprint density at radius 1 is 1.20 bits per heavy atom. The van der Waals surface area contributed by atoms with E-state index in [-0.39, 0.29) is 0 Å². The standard InChI is InChI=1S/C15H22/c1-11(2)13(5)9-14-7-6-8-15(10-14)12(3)4/h6-8,10-12H,5,9H2,1-4H3. The normalized spacial score (nSPS) is 11.1. The summed E-state index contributed by atoms with van der Waals surface area (Å²) in [7, 11) is 0. The summed E-state index contributed by atoms with van der Waals surface area (Å²) in [4.78, 5) is 0. The van der Waals surface area contributed by atoms with Crippen molar-refractivity contribution in [2.75, 3.05) is 0 Å². The second kappa shape index (κ2) is 5.16. The van der Waals surface area contributed by atoms with Gasteiger partial charge in [0.15, 0.2) is 0 Å². The highest BCUT2D eigenvalue weighted by molar-refractivity contribution is 5.28. The van der Waals surface area contributed by atoms with Crippen molar-refractivity contribution in [1.29, 1.82) is 0 Å². The Bertz CT molecular complexity index is 332. The quantitative estimate of drug-likeness (QED) is 0.628. The first-order valence-electron chi connectivity index (χ1n) is 5.77. The predicted octanol–water partition coefficient (Wildman–Crippen LogP) is 4.56. The molecule has 0 heteroatoms. The lowest BCUT2D eigenvalue weighted by atomic mass is 9.94. The van der Waals surface area contributed by atoms with E-state index < -0.39 is 0 Å². The largest absolute Gasteiger partial charge is 0.0993 e. The third kappa shape index (κ3) is 3.54. The van der Waals surface area contributed by atoms with Crippen LogP contribution in [0.3, 0.4) is 0 Å². The molecule has 0 aliphatic heterocycles. The van der Waals surface area contributed by atoms with Crippen molar-refractivity contribution >= 4 is 0 Å². The average molecular weight is 202 g/mol. The van der Waals surface area contributed by atoms with Crippen molar-refractivity contribution in [2.24, 2.45) is 5.92 Å². The average Bonchev–Trinajstić information content (AvgIpc) is 2.18. The van der Waals surface area contributed by atoms with Gasteiger partial charge in [0.1, 0.15) is 0 Å². The molecular formula is C15H22. The summed E-state index contributed by atoms with van der Waals surface area (Å²) in [5.74, 6) is 1.19. The fourth-order valence-corrected chi connectivity index (χ4v) is 1.53. The molecule has 0 saturated heterocycles. The van der Waals surface area contributed by atoms with Crippen LogP contribution in [-0.4, -0.2) is 0 Å². The predicted molar refractivity (Wildman–Crippen MR) is 68.2 cm³/mol. The van der Waals surface area contributed by atoms with Crippen molar-refractivity contribution in [3.05, 3.63) is 47.5 Å². The molecule has 0 N–H and O–H groups in total. The fourth-order valence-electron chi connectivity index (χ4n) is 1.53. The Morgan fingerprint density at radius 3 is 2.40 bits per heavy atom. The van der Waals surface area contributed by atoms with E-state index in [0.717, 1.165) is 6.42 Å². The Labute approximate surface area is 94.0 Å². The number of hydrogen-bond acceptors (Lipinski definition) is 0. The van der Waals surface area contributed by atoms with E-state index in [2.05, 4.69) is 58.5 Å². The Balaban J connectivity index is 2.78. The van der Waals surface area contributed by atoms with Gasteiger partial charge >= 0.3 is 0 Å². The Kier molecular flexibility index (Phi) is 4.14. The van der Waals surface area contributed by atoms with Gasteiger partial charge in [0.25, 0.3) is 0 Å². The van der Waals surface area contributed by atoms with Crippen LogP contribution in [0.4, 0.5) is 0 Å². The second-order valence-corrected chi connectivity index (χ2v) is 4.89. The lowest BCUT2D eigenvalue weighted by Gasteiger charge is -2.11. The van der Waals surface area contributed by atoms with Crippen LogP contribution in [-0.2, 0) is 6.42 Å². The smallest absolute Gasteiger partial charge is 0.00671 e. The van der Waals surface area contributed by atoms with Crippen LogP contribution < -0.4 is 0 Å². The number of rotatable bonds is 4.